The van der Waals surface area contributed by atoms with Crippen molar-refractivity contribution in [1.29, 1.82) is 0 Å². The minimum Gasteiger partial charge on any atom is -0.375 e. The number of hydrazine groups is 1. The second-order valence-corrected chi connectivity index (χ2v) is 4.94. The molecular formula is C13H20F2N4O. The van der Waals surface area contributed by atoms with Crippen LogP contribution in [0.4, 0.5) is 14.6 Å². The Morgan fingerprint density at radius 1 is 1.35 bits per heavy atom. The molecule has 0 unspecified atom stereocenters. The average Bonchev–Trinajstić information content (AvgIpc) is 2.97. The lowest BCUT2D eigenvalue weighted by molar-refractivity contribution is 0.0183. The maximum absolute atomic E-state index is 12.0. The van der Waals surface area contributed by atoms with E-state index in [2.05, 4.69) is 15.4 Å². The average molecular weight is 286 g/mol. The van der Waals surface area contributed by atoms with Crippen LogP contribution in [-0.2, 0) is 11.2 Å². The van der Waals surface area contributed by atoms with Gasteiger partial charge in [0.15, 0.2) is 0 Å². The molecule has 2 rings (SSSR count). The molecule has 0 amide bonds. The predicted molar refractivity (Wildman–Crippen MR) is 71.6 cm³/mol. The summed E-state index contributed by atoms with van der Waals surface area (Å²) >= 11 is 0. The van der Waals surface area contributed by atoms with Gasteiger partial charge >= 0.3 is 0 Å². The van der Waals surface area contributed by atoms with Crippen molar-refractivity contribution in [2.45, 2.75) is 44.4 Å². The molecule has 0 atom stereocenters. The van der Waals surface area contributed by atoms with E-state index >= 15 is 0 Å². The van der Waals surface area contributed by atoms with E-state index in [0.717, 1.165) is 18.5 Å². The lowest BCUT2D eigenvalue weighted by Crippen LogP contribution is -2.14. The monoisotopic (exact) mass is 286 g/mol. The highest BCUT2D eigenvalue weighted by Gasteiger charge is 2.19. The van der Waals surface area contributed by atoms with E-state index in [0.29, 0.717) is 24.0 Å². The highest BCUT2D eigenvalue weighted by Crippen LogP contribution is 2.33. The van der Waals surface area contributed by atoms with E-state index in [9.17, 15) is 8.78 Å². The van der Waals surface area contributed by atoms with Gasteiger partial charge in [-0.25, -0.2) is 24.6 Å². The van der Waals surface area contributed by atoms with Gasteiger partial charge in [-0.1, -0.05) is 12.8 Å². The van der Waals surface area contributed by atoms with Crippen molar-refractivity contribution in [3.63, 3.8) is 0 Å². The lowest BCUT2D eigenvalue weighted by Gasteiger charge is -2.12. The fraction of sp³-hybridized carbons (Fsp3) is 0.692. The van der Waals surface area contributed by atoms with E-state index in [-0.39, 0.29) is 6.61 Å². The molecule has 1 saturated carbocycles. The Bertz CT molecular complexity index is 425. The van der Waals surface area contributed by atoms with Crippen LogP contribution in [0.3, 0.4) is 0 Å². The molecule has 0 aromatic carbocycles. The number of halogens is 2. The number of nitrogen functional groups attached to an aromatic ring is 1. The largest absolute Gasteiger partial charge is 0.375 e. The molecule has 1 heterocycles. The number of ether oxygens (including phenoxy) is 1. The first kappa shape index (κ1) is 15.1. The van der Waals surface area contributed by atoms with Gasteiger partial charge in [-0.05, 0) is 12.8 Å². The lowest BCUT2D eigenvalue weighted by atomic mass is 10.0. The maximum atomic E-state index is 12.0. The van der Waals surface area contributed by atoms with Crippen LogP contribution in [0, 0.1) is 0 Å². The quantitative estimate of drug-likeness (QED) is 0.457. The number of hydrogen-bond donors (Lipinski definition) is 2. The van der Waals surface area contributed by atoms with Gasteiger partial charge in [0.1, 0.15) is 18.2 Å². The molecule has 1 aromatic rings. The SMILES string of the molecule is NNc1cc(C2CCCC2)nc(CCOCC(F)F)n1. The number of nitrogens with one attached hydrogen (secondary N) is 1. The second-order valence-electron chi connectivity index (χ2n) is 4.94. The van der Waals surface area contributed by atoms with Crippen molar-refractivity contribution in [2.75, 3.05) is 18.6 Å². The number of nitrogens with zero attached hydrogens (tertiary/aromatic N) is 2. The topological polar surface area (TPSA) is 73.1 Å². The van der Waals surface area contributed by atoms with Crippen LogP contribution in [0.1, 0.15) is 43.1 Å². The number of nitrogens with two attached hydrogens (primary N) is 1. The summed E-state index contributed by atoms with van der Waals surface area (Å²) in [6.45, 7) is -0.368. The van der Waals surface area contributed by atoms with Crippen molar-refractivity contribution < 1.29 is 13.5 Å². The van der Waals surface area contributed by atoms with E-state index < -0.39 is 13.0 Å². The van der Waals surface area contributed by atoms with Crippen molar-refractivity contribution in [1.82, 2.24) is 9.97 Å². The first-order valence-corrected chi connectivity index (χ1v) is 6.89. The first-order valence-electron chi connectivity index (χ1n) is 6.89. The van der Waals surface area contributed by atoms with Crippen molar-refractivity contribution in [3.05, 3.63) is 17.6 Å². The Labute approximate surface area is 116 Å². The fourth-order valence-corrected chi connectivity index (χ4v) is 2.47. The molecule has 0 bridgehead atoms. The van der Waals surface area contributed by atoms with Gasteiger partial charge in [-0.3, -0.25) is 0 Å². The maximum Gasteiger partial charge on any atom is 0.261 e. The first-order chi connectivity index (χ1) is 9.69. The molecule has 1 aromatic heterocycles. The van der Waals surface area contributed by atoms with Gasteiger partial charge in [0.2, 0.25) is 0 Å². The molecule has 112 valence electrons. The standard InChI is InChI=1S/C13H20F2N4O/c14-11(15)8-20-6-5-12-17-10(7-13(18-12)19-16)9-3-1-2-4-9/h7,9,11H,1-6,8,16H2,(H,17,18,19). The summed E-state index contributed by atoms with van der Waals surface area (Å²) < 4.78 is 28.8. The Hall–Kier alpha value is -1.34. The Kier molecular flexibility index (Phi) is 5.60. The number of anilines is 1. The molecule has 1 aliphatic rings. The van der Waals surface area contributed by atoms with Crippen molar-refractivity contribution in [2.24, 2.45) is 5.84 Å². The summed E-state index contributed by atoms with van der Waals surface area (Å²) in [5.41, 5.74) is 3.51. The Morgan fingerprint density at radius 3 is 2.75 bits per heavy atom. The van der Waals surface area contributed by atoms with Crippen molar-refractivity contribution >= 4 is 5.82 Å². The summed E-state index contributed by atoms with van der Waals surface area (Å²) in [5, 5.41) is 0. The molecule has 0 spiro atoms. The van der Waals surface area contributed by atoms with E-state index in [1.807, 2.05) is 6.07 Å². The van der Waals surface area contributed by atoms with Gasteiger partial charge in [0.25, 0.3) is 6.43 Å². The highest BCUT2D eigenvalue weighted by molar-refractivity contribution is 5.35. The van der Waals surface area contributed by atoms with Gasteiger partial charge in [0, 0.05) is 24.1 Å². The zero-order valence-corrected chi connectivity index (χ0v) is 11.3. The highest BCUT2D eigenvalue weighted by atomic mass is 19.3. The van der Waals surface area contributed by atoms with Crippen LogP contribution in [0.25, 0.3) is 0 Å². The van der Waals surface area contributed by atoms with E-state index in [4.69, 9.17) is 10.6 Å². The van der Waals surface area contributed by atoms with Gasteiger partial charge < -0.3 is 10.2 Å². The number of hydrogen-bond acceptors (Lipinski definition) is 5. The fourth-order valence-electron chi connectivity index (χ4n) is 2.47. The summed E-state index contributed by atoms with van der Waals surface area (Å²) in [6.07, 6.45) is 2.65. The van der Waals surface area contributed by atoms with Crippen LogP contribution in [0.2, 0.25) is 0 Å². The normalized spacial score (nSPS) is 16.0. The molecule has 0 aliphatic heterocycles. The molecule has 1 aliphatic carbocycles. The van der Waals surface area contributed by atoms with Gasteiger partial charge in [0.05, 0.1) is 6.61 Å². The third-order valence-electron chi connectivity index (χ3n) is 3.43. The number of aromatic nitrogens is 2. The molecule has 7 heteroatoms. The van der Waals surface area contributed by atoms with E-state index in [1.165, 1.54) is 12.8 Å². The number of rotatable bonds is 7. The molecular weight excluding hydrogens is 266 g/mol. The van der Waals surface area contributed by atoms with Crippen LogP contribution < -0.4 is 11.3 Å². The van der Waals surface area contributed by atoms with Crippen LogP contribution in [0.15, 0.2) is 6.07 Å². The van der Waals surface area contributed by atoms with Crippen LogP contribution in [-0.4, -0.2) is 29.6 Å². The van der Waals surface area contributed by atoms with Crippen molar-refractivity contribution in [3.8, 4) is 0 Å². The second kappa shape index (κ2) is 7.44. The number of alkyl halides is 2. The summed E-state index contributed by atoms with van der Waals surface area (Å²) in [5.74, 6) is 7.00. The molecule has 5 nitrogen and oxygen atoms in total. The smallest absolute Gasteiger partial charge is 0.261 e. The minimum absolute atomic E-state index is 0.183. The summed E-state index contributed by atoms with van der Waals surface area (Å²) in [4.78, 5) is 8.73. The molecule has 3 N–H and O–H groups in total. The predicted octanol–water partition coefficient (Wildman–Crippen LogP) is 2.24. The summed E-state index contributed by atoms with van der Waals surface area (Å²) in [6, 6.07) is 1.86. The molecule has 0 radical (unpaired) electrons. The molecule has 0 saturated heterocycles. The van der Waals surface area contributed by atoms with Gasteiger partial charge in [-0.15, -0.1) is 0 Å². The van der Waals surface area contributed by atoms with Crippen LogP contribution >= 0.6 is 0 Å². The Morgan fingerprint density at radius 2 is 2.10 bits per heavy atom. The van der Waals surface area contributed by atoms with Gasteiger partial charge in [-0.2, -0.15) is 0 Å². The third kappa shape index (κ3) is 4.35. The minimum atomic E-state index is -2.44. The summed E-state index contributed by atoms with van der Waals surface area (Å²) in [7, 11) is 0. The zero-order valence-electron chi connectivity index (χ0n) is 11.3. The molecule has 1 fully saturated rings. The van der Waals surface area contributed by atoms with E-state index in [1.54, 1.807) is 0 Å². The molecule has 20 heavy (non-hydrogen) atoms. The van der Waals surface area contributed by atoms with Crippen LogP contribution in [0.5, 0.6) is 0 Å². The Balaban J connectivity index is 1.98. The third-order valence-corrected chi connectivity index (χ3v) is 3.43. The zero-order chi connectivity index (χ0) is 14.4.